The Bertz CT molecular complexity index is 578. The molecule has 0 aliphatic heterocycles. The van der Waals surface area contributed by atoms with Gasteiger partial charge >= 0.3 is 0 Å². The zero-order valence-electron chi connectivity index (χ0n) is 11.4. The van der Waals surface area contributed by atoms with Gasteiger partial charge in [-0.15, -0.1) is 0 Å². The maximum absolute atomic E-state index is 6.00. The van der Waals surface area contributed by atoms with Gasteiger partial charge in [0.25, 0.3) is 0 Å². The van der Waals surface area contributed by atoms with E-state index in [0.717, 1.165) is 30.5 Å². The van der Waals surface area contributed by atoms with Gasteiger partial charge in [-0.2, -0.15) is 5.10 Å². The van der Waals surface area contributed by atoms with Crippen LogP contribution in [0, 0.1) is 0 Å². The van der Waals surface area contributed by atoms with Crippen LogP contribution in [-0.4, -0.2) is 26.7 Å². The summed E-state index contributed by atoms with van der Waals surface area (Å²) in [7, 11) is 0. The minimum Gasteiger partial charge on any atom is -0.473 e. The van der Waals surface area contributed by atoms with E-state index < -0.39 is 0 Å². The first-order valence-electron chi connectivity index (χ1n) is 6.90. The van der Waals surface area contributed by atoms with Crippen molar-refractivity contribution in [3.8, 4) is 5.88 Å². The summed E-state index contributed by atoms with van der Waals surface area (Å²) in [4.78, 5) is 4.34. The van der Waals surface area contributed by atoms with Gasteiger partial charge in [0.15, 0.2) is 0 Å². The van der Waals surface area contributed by atoms with Crippen LogP contribution in [0.15, 0.2) is 18.5 Å². The third-order valence-corrected chi connectivity index (χ3v) is 3.67. The number of hydrogen-bond donors (Lipinski definition) is 1. The fraction of sp³-hybridized carbons (Fsp3) is 0.571. The molecule has 2 aromatic heterocycles. The van der Waals surface area contributed by atoms with E-state index in [1.807, 2.05) is 10.7 Å². The predicted octanol–water partition coefficient (Wildman–Crippen LogP) is 2.11. The van der Waals surface area contributed by atoms with Gasteiger partial charge in [-0.3, -0.25) is 0 Å². The first-order chi connectivity index (χ1) is 9.13. The number of aromatic nitrogens is 3. The topological polar surface area (TPSA) is 65.4 Å². The lowest BCUT2D eigenvalue weighted by atomic mass is 10.1. The van der Waals surface area contributed by atoms with E-state index in [0.29, 0.717) is 11.8 Å². The van der Waals surface area contributed by atoms with Crippen molar-refractivity contribution in [2.45, 2.75) is 51.2 Å². The number of hydrogen-bond acceptors (Lipinski definition) is 4. The second-order valence-corrected chi connectivity index (χ2v) is 5.60. The molecule has 5 heteroatoms. The highest BCUT2D eigenvalue weighted by atomic mass is 16.5. The molecule has 19 heavy (non-hydrogen) atoms. The van der Waals surface area contributed by atoms with Crippen molar-refractivity contribution in [1.82, 2.24) is 14.6 Å². The Morgan fingerprint density at radius 1 is 1.42 bits per heavy atom. The van der Waals surface area contributed by atoms with Crippen molar-refractivity contribution in [2.75, 3.05) is 0 Å². The molecule has 2 atom stereocenters. The lowest BCUT2D eigenvalue weighted by Crippen LogP contribution is -2.19. The van der Waals surface area contributed by atoms with Crippen molar-refractivity contribution in [2.24, 2.45) is 5.73 Å². The van der Waals surface area contributed by atoms with E-state index in [-0.39, 0.29) is 12.1 Å². The van der Waals surface area contributed by atoms with Gasteiger partial charge < -0.3 is 10.5 Å². The zero-order chi connectivity index (χ0) is 13.4. The van der Waals surface area contributed by atoms with Crippen LogP contribution in [0.25, 0.3) is 5.52 Å². The highest BCUT2D eigenvalue weighted by molar-refractivity contribution is 5.56. The van der Waals surface area contributed by atoms with E-state index in [1.54, 1.807) is 6.20 Å². The molecule has 0 bridgehead atoms. The van der Waals surface area contributed by atoms with Gasteiger partial charge in [0.1, 0.15) is 11.6 Å². The first kappa shape index (κ1) is 12.4. The molecule has 2 N–H and O–H groups in total. The van der Waals surface area contributed by atoms with Crippen LogP contribution in [0.5, 0.6) is 5.88 Å². The van der Waals surface area contributed by atoms with Gasteiger partial charge in [-0.05, 0) is 31.2 Å². The summed E-state index contributed by atoms with van der Waals surface area (Å²) in [5.74, 6) is 1.06. The Hall–Kier alpha value is -1.62. The maximum Gasteiger partial charge on any atom is 0.240 e. The molecule has 0 saturated heterocycles. The minimum atomic E-state index is 0.186. The van der Waals surface area contributed by atoms with Gasteiger partial charge in [0.2, 0.25) is 5.88 Å². The van der Waals surface area contributed by atoms with Crippen LogP contribution in [0.4, 0.5) is 0 Å². The zero-order valence-corrected chi connectivity index (χ0v) is 11.4. The summed E-state index contributed by atoms with van der Waals surface area (Å²) in [5.41, 5.74) is 7.91. The molecule has 2 heterocycles. The molecule has 1 aliphatic rings. The fourth-order valence-corrected chi connectivity index (χ4v) is 2.53. The number of nitrogens with zero attached hydrogens (tertiary/aromatic N) is 3. The molecule has 2 aromatic rings. The largest absolute Gasteiger partial charge is 0.473 e. The number of ether oxygens (including phenoxy) is 1. The molecule has 0 radical (unpaired) electrons. The second-order valence-electron chi connectivity index (χ2n) is 5.60. The van der Waals surface area contributed by atoms with Gasteiger partial charge in [-0.1, -0.05) is 13.8 Å². The summed E-state index contributed by atoms with van der Waals surface area (Å²) in [5, 5.41) is 4.53. The normalized spacial score (nSPS) is 23.4. The highest BCUT2D eigenvalue weighted by Gasteiger charge is 2.24. The SMILES string of the molecule is CC(C)c1cc2c(OC3CCC(N)C3)nccn2n1. The quantitative estimate of drug-likeness (QED) is 0.918. The molecule has 1 aliphatic carbocycles. The van der Waals surface area contributed by atoms with Gasteiger partial charge in [-0.25, -0.2) is 9.50 Å². The summed E-state index contributed by atoms with van der Waals surface area (Å²) < 4.78 is 7.84. The van der Waals surface area contributed by atoms with Crippen LogP contribution in [-0.2, 0) is 0 Å². The number of fused-ring (bicyclic) bond motifs is 1. The summed E-state index contributed by atoms with van der Waals surface area (Å²) in [6.07, 6.45) is 6.72. The average molecular weight is 260 g/mol. The van der Waals surface area contributed by atoms with Crippen molar-refractivity contribution in [3.63, 3.8) is 0 Å². The van der Waals surface area contributed by atoms with Crippen molar-refractivity contribution in [1.29, 1.82) is 0 Å². The summed E-state index contributed by atoms with van der Waals surface area (Å²) in [6.45, 7) is 4.26. The molecule has 2 unspecified atom stereocenters. The van der Waals surface area contributed by atoms with Crippen LogP contribution in [0.1, 0.15) is 44.7 Å². The lowest BCUT2D eigenvalue weighted by Gasteiger charge is -2.12. The van der Waals surface area contributed by atoms with E-state index in [1.165, 1.54) is 0 Å². The van der Waals surface area contributed by atoms with E-state index in [4.69, 9.17) is 10.5 Å². The first-order valence-corrected chi connectivity index (χ1v) is 6.90. The third-order valence-electron chi connectivity index (χ3n) is 3.67. The van der Waals surface area contributed by atoms with Crippen molar-refractivity contribution < 1.29 is 4.74 Å². The van der Waals surface area contributed by atoms with Crippen molar-refractivity contribution >= 4 is 5.52 Å². The molecule has 3 rings (SSSR count). The van der Waals surface area contributed by atoms with Crippen LogP contribution in [0.2, 0.25) is 0 Å². The molecule has 1 saturated carbocycles. The van der Waals surface area contributed by atoms with Gasteiger partial charge in [0.05, 0.1) is 5.69 Å². The molecular weight excluding hydrogens is 240 g/mol. The Labute approximate surface area is 112 Å². The molecule has 1 fully saturated rings. The van der Waals surface area contributed by atoms with E-state index in [2.05, 4.69) is 30.0 Å². The molecule has 0 aromatic carbocycles. The standard InChI is InChI=1S/C14H20N4O/c1-9(2)12-8-13-14(16-5-6-18(13)17-12)19-11-4-3-10(15)7-11/h5-6,8-11H,3-4,7,15H2,1-2H3. The summed E-state index contributed by atoms with van der Waals surface area (Å²) >= 11 is 0. The fourth-order valence-electron chi connectivity index (χ4n) is 2.53. The smallest absolute Gasteiger partial charge is 0.240 e. The Kier molecular flexibility index (Phi) is 3.14. The Morgan fingerprint density at radius 3 is 2.95 bits per heavy atom. The lowest BCUT2D eigenvalue weighted by molar-refractivity contribution is 0.201. The van der Waals surface area contributed by atoms with Crippen LogP contribution in [0.3, 0.4) is 0 Å². The second kappa shape index (κ2) is 4.81. The third kappa shape index (κ3) is 2.42. The van der Waals surface area contributed by atoms with E-state index in [9.17, 15) is 0 Å². The Morgan fingerprint density at radius 2 is 2.26 bits per heavy atom. The van der Waals surface area contributed by atoms with Crippen molar-refractivity contribution in [3.05, 3.63) is 24.2 Å². The molecule has 0 amide bonds. The number of nitrogens with two attached hydrogens (primary N) is 1. The average Bonchev–Trinajstić information content (AvgIpc) is 2.96. The van der Waals surface area contributed by atoms with E-state index >= 15 is 0 Å². The number of rotatable bonds is 3. The monoisotopic (exact) mass is 260 g/mol. The maximum atomic E-state index is 6.00. The molecule has 102 valence electrons. The van der Waals surface area contributed by atoms with Gasteiger partial charge in [0, 0.05) is 18.4 Å². The van der Waals surface area contributed by atoms with Crippen LogP contribution >= 0.6 is 0 Å². The predicted molar refractivity (Wildman–Crippen MR) is 73.3 cm³/mol. The van der Waals surface area contributed by atoms with Crippen LogP contribution < -0.4 is 10.5 Å². The highest BCUT2D eigenvalue weighted by Crippen LogP contribution is 2.26. The minimum absolute atomic E-state index is 0.186. The molecular formula is C14H20N4O. The molecule has 5 nitrogen and oxygen atoms in total. The Balaban J connectivity index is 1.90. The summed E-state index contributed by atoms with van der Waals surface area (Å²) in [6, 6.07) is 2.32. The molecule has 0 spiro atoms.